The average molecular weight is 363 g/mol. The molecule has 0 heterocycles. The van der Waals surface area contributed by atoms with Gasteiger partial charge in [0.1, 0.15) is 6.10 Å². The van der Waals surface area contributed by atoms with Gasteiger partial charge in [0.25, 0.3) is 0 Å². The smallest absolute Gasteiger partial charge is 0.303 e. The fraction of sp³-hybridized carbons (Fsp3) is 0.682. The number of aliphatic hydroxyl groups excluding tert-OH is 1. The molecule has 0 aromatic rings. The topological polar surface area (TPSA) is 66.8 Å². The Balaban J connectivity index is 2.19. The van der Waals surface area contributed by atoms with Crippen molar-refractivity contribution in [1.82, 2.24) is 0 Å². The highest BCUT2D eigenvalue weighted by Crippen LogP contribution is 2.48. The van der Waals surface area contributed by atoms with E-state index >= 15 is 0 Å². The number of allylic oxidation sites excluding steroid dienone is 3. The molecule has 0 aromatic carbocycles. The van der Waals surface area contributed by atoms with E-state index in [4.69, 9.17) is 4.74 Å². The molecule has 0 bridgehead atoms. The normalized spacial score (nSPS) is 36.0. The minimum absolute atomic E-state index is 0.0248. The summed E-state index contributed by atoms with van der Waals surface area (Å²) in [5.41, 5.74) is 1.16. The summed E-state index contributed by atoms with van der Waals surface area (Å²) in [5, 5.41) is 21.9. The number of carbonyl (C=O) groups is 1. The van der Waals surface area contributed by atoms with Crippen molar-refractivity contribution in [3.63, 3.8) is 0 Å². The van der Waals surface area contributed by atoms with Crippen LogP contribution >= 0.6 is 0 Å². The molecule has 0 aliphatic heterocycles. The van der Waals surface area contributed by atoms with Gasteiger partial charge in [-0.05, 0) is 57.9 Å². The van der Waals surface area contributed by atoms with E-state index in [0.29, 0.717) is 6.42 Å². The maximum absolute atomic E-state index is 11.4. The van der Waals surface area contributed by atoms with E-state index in [0.717, 1.165) is 24.0 Å². The summed E-state index contributed by atoms with van der Waals surface area (Å²) in [6.45, 7) is 13.5. The standard InChI is InChI=1S/C22H34O4/c1-13(2)11-17(26-16(5)23)12-15(4)19-8-7-14(3)18-9-10-22(6,25)20(18)21(19)24/h9-11,15,17-21,24-25H,3,7-8,12H2,1-2,4-6H3. The lowest BCUT2D eigenvalue weighted by Gasteiger charge is -2.38. The van der Waals surface area contributed by atoms with Crippen LogP contribution in [-0.2, 0) is 9.53 Å². The van der Waals surface area contributed by atoms with Gasteiger partial charge in [-0.3, -0.25) is 4.79 Å². The second kappa shape index (κ2) is 8.10. The highest BCUT2D eigenvalue weighted by atomic mass is 16.5. The Kier molecular flexibility index (Phi) is 6.51. The molecule has 0 amide bonds. The van der Waals surface area contributed by atoms with Gasteiger partial charge in [0.2, 0.25) is 0 Å². The van der Waals surface area contributed by atoms with E-state index < -0.39 is 11.7 Å². The van der Waals surface area contributed by atoms with Crippen molar-refractivity contribution < 1.29 is 19.7 Å². The van der Waals surface area contributed by atoms with Gasteiger partial charge in [0.05, 0.1) is 11.7 Å². The van der Waals surface area contributed by atoms with Crippen molar-refractivity contribution >= 4 is 5.97 Å². The van der Waals surface area contributed by atoms with Crippen molar-refractivity contribution in [3.8, 4) is 0 Å². The van der Waals surface area contributed by atoms with Crippen molar-refractivity contribution in [2.75, 3.05) is 0 Å². The Bertz CT molecular complexity index is 597. The van der Waals surface area contributed by atoms with E-state index in [9.17, 15) is 15.0 Å². The lowest BCUT2D eigenvalue weighted by Crippen LogP contribution is -2.45. The van der Waals surface area contributed by atoms with Crippen molar-refractivity contribution in [1.29, 1.82) is 0 Å². The van der Waals surface area contributed by atoms with Crippen LogP contribution in [0, 0.1) is 23.7 Å². The summed E-state index contributed by atoms with van der Waals surface area (Å²) in [6.07, 6.45) is 7.19. The van der Waals surface area contributed by atoms with Crippen LogP contribution in [0.4, 0.5) is 0 Å². The first-order valence-corrected chi connectivity index (χ1v) is 9.62. The Labute approximate surface area is 157 Å². The molecule has 4 heteroatoms. The fourth-order valence-corrected chi connectivity index (χ4v) is 4.69. The van der Waals surface area contributed by atoms with Crippen LogP contribution in [0.25, 0.3) is 0 Å². The first-order chi connectivity index (χ1) is 12.0. The molecule has 4 nitrogen and oxygen atoms in total. The predicted octanol–water partition coefficient (Wildman–Crippen LogP) is 3.79. The third-order valence-electron chi connectivity index (χ3n) is 5.95. The number of esters is 1. The Morgan fingerprint density at radius 1 is 1.46 bits per heavy atom. The number of carbonyl (C=O) groups excluding carboxylic acids is 1. The summed E-state index contributed by atoms with van der Waals surface area (Å²) in [4.78, 5) is 11.4. The van der Waals surface area contributed by atoms with Crippen LogP contribution in [-0.4, -0.2) is 34.0 Å². The molecule has 0 radical (unpaired) electrons. The highest BCUT2D eigenvalue weighted by molar-refractivity contribution is 5.66. The number of ether oxygens (including phenoxy) is 1. The van der Waals surface area contributed by atoms with E-state index in [1.165, 1.54) is 6.92 Å². The average Bonchev–Trinajstić information content (AvgIpc) is 2.73. The van der Waals surface area contributed by atoms with Gasteiger partial charge < -0.3 is 14.9 Å². The SMILES string of the molecule is C=C1CCC(C(C)CC(C=C(C)C)OC(C)=O)C(O)C2C1C=CC2(C)O. The lowest BCUT2D eigenvalue weighted by molar-refractivity contribution is -0.145. The summed E-state index contributed by atoms with van der Waals surface area (Å²) < 4.78 is 5.46. The summed E-state index contributed by atoms with van der Waals surface area (Å²) >= 11 is 0. The van der Waals surface area contributed by atoms with Gasteiger partial charge in [0, 0.05) is 18.8 Å². The van der Waals surface area contributed by atoms with E-state index in [2.05, 4.69) is 13.5 Å². The maximum Gasteiger partial charge on any atom is 0.303 e. The molecular formula is C22H34O4. The zero-order chi connectivity index (χ0) is 19.6. The number of fused-ring (bicyclic) bond motifs is 1. The first-order valence-electron chi connectivity index (χ1n) is 9.62. The van der Waals surface area contributed by atoms with Crippen LogP contribution in [0.1, 0.15) is 53.9 Å². The number of aliphatic hydroxyl groups is 2. The van der Waals surface area contributed by atoms with Crippen molar-refractivity contribution in [2.24, 2.45) is 23.7 Å². The molecule has 2 aliphatic carbocycles. The van der Waals surface area contributed by atoms with Crippen molar-refractivity contribution in [2.45, 2.75) is 71.7 Å². The van der Waals surface area contributed by atoms with E-state index in [-0.39, 0.29) is 35.7 Å². The monoisotopic (exact) mass is 362 g/mol. The molecule has 26 heavy (non-hydrogen) atoms. The Morgan fingerprint density at radius 2 is 2.12 bits per heavy atom. The molecule has 1 saturated carbocycles. The highest BCUT2D eigenvalue weighted by Gasteiger charge is 2.49. The summed E-state index contributed by atoms with van der Waals surface area (Å²) in [5.74, 6) is -0.359. The molecule has 2 N–H and O–H groups in total. The molecule has 146 valence electrons. The number of rotatable bonds is 5. The molecule has 7 atom stereocenters. The lowest BCUT2D eigenvalue weighted by atomic mass is 9.73. The summed E-state index contributed by atoms with van der Waals surface area (Å²) in [6, 6.07) is 0. The quantitative estimate of drug-likeness (QED) is 0.577. The molecule has 7 unspecified atom stereocenters. The second-order valence-corrected chi connectivity index (χ2v) is 8.59. The molecule has 2 rings (SSSR count). The minimum Gasteiger partial charge on any atom is -0.458 e. The molecule has 0 aromatic heterocycles. The maximum atomic E-state index is 11.4. The predicted molar refractivity (Wildman–Crippen MR) is 103 cm³/mol. The second-order valence-electron chi connectivity index (χ2n) is 8.59. The minimum atomic E-state index is -1.02. The van der Waals surface area contributed by atoms with Crippen LogP contribution in [0.2, 0.25) is 0 Å². The molecule has 0 spiro atoms. The summed E-state index contributed by atoms with van der Waals surface area (Å²) in [7, 11) is 0. The molecule has 1 fully saturated rings. The van der Waals surface area contributed by atoms with Gasteiger partial charge >= 0.3 is 5.97 Å². The van der Waals surface area contributed by atoms with Gasteiger partial charge in [-0.2, -0.15) is 0 Å². The van der Waals surface area contributed by atoms with Gasteiger partial charge in [0.15, 0.2) is 0 Å². The molecule has 2 aliphatic rings. The zero-order valence-electron chi connectivity index (χ0n) is 16.7. The van der Waals surface area contributed by atoms with Crippen LogP contribution in [0.3, 0.4) is 0 Å². The van der Waals surface area contributed by atoms with Crippen LogP contribution in [0.5, 0.6) is 0 Å². The number of hydrogen-bond donors (Lipinski definition) is 2. The third kappa shape index (κ3) is 4.66. The van der Waals surface area contributed by atoms with Crippen LogP contribution < -0.4 is 0 Å². The third-order valence-corrected chi connectivity index (χ3v) is 5.95. The Morgan fingerprint density at radius 3 is 2.69 bits per heavy atom. The number of hydrogen-bond acceptors (Lipinski definition) is 4. The molecular weight excluding hydrogens is 328 g/mol. The largest absolute Gasteiger partial charge is 0.458 e. The van der Waals surface area contributed by atoms with Gasteiger partial charge in [-0.15, -0.1) is 0 Å². The van der Waals surface area contributed by atoms with Gasteiger partial charge in [-0.1, -0.05) is 36.8 Å². The van der Waals surface area contributed by atoms with E-state index in [1.807, 2.05) is 26.0 Å². The van der Waals surface area contributed by atoms with E-state index in [1.54, 1.807) is 13.0 Å². The first kappa shape index (κ1) is 20.9. The Hall–Kier alpha value is -1.39. The fourth-order valence-electron chi connectivity index (χ4n) is 4.69. The van der Waals surface area contributed by atoms with Crippen LogP contribution in [0.15, 0.2) is 36.0 Å². The zero-order valence-corrected chi connectivity index (χ0v) is 16.7. The van der Waals surface area contributed by atoms with Crippen molar-refractivity contribution in [3.05, 3.63) is 36.0 Å². The van der Waals surface area contributed by atoms with Gasteiger partial charge in [-0.25, -0.2) is 0 Å². The molecule has 0 saturated heterocycles.